The zero-order chi connectivity index (χ0) is 20.1. The van der Waals surface area contributed by atoms with Crippen molar-refractivity contribution in [3.05, 3.63) is 127 Å². The Morgan fingerprint density at radius 1 is 0.833 bits per heavy atom. The maximum absolute atomic E-state index is 4.73. The number of nitrogens with zero attached hydrogens (tertiary/aromatic N) is 2. The molecule has 3 aromatic rings. The highest BCUT2D eigenvalue weighted by Gasteiger charge is 2.46. The highest BCUT2D eigenvalue weighted by molar-refractivity contribution is 5.92. The lowest BCUT2D eigenvalue weighted by Crippen LogP contribution is -2.50. The van der Waals surface area contributed by atoms with Crippen LogP contribution in [-0.2, 0) is 5.66 Å². The van der Waals surface area contributed by atoms with Gasteiger partial charge in [-0.3, -0.25) is 4.98 Å². The van der Waals surface area contributed by atoms with Crippen molar-refractivity contribution in [3.63, 3.8) is 0 Å². The van der Waals surface area contributed by atoms with Crippen molar-refractivity contribution >= 4 is 11.4 Å². The molecule has 30 heavy (non-hydrogen) atoms. The minimum atomic E-state index is -0.534. The van der Waals surface area contributed by atoms with Crippen LogP contribution in [0.25, 0.3) is 11.4 Å². The molecule has 152 valence electrons. The van der Waals surface area contributed by atoms with Gasteiger partial charge in [-0.15, -0.1) is 13.2 Å². The third-order valence-electron chi connectivity index (χ3n) is 5.25. The molecule has 3 nitrogen and oxygen atoms in total. The number of aromatic nitrogens is 1. The van der Waals surface area contributed by atoms with Crippen LogP contribution in [0, 0.1) is 0 Å². The average molecular weight is 396 g/mol. The molecule has 1 aliphatic heterocycles. The molecular formula is C27H29N3. The van der Waals surface area contributed by atoms with Crippen LogP contribution < -0.4 is 5.32 Å². The summed E-state index contributed by atoms with van der Waals surface area (Å²) in [4.78, 5) is 7.09. The average Bonchev–Trinajstić information content (AvgIpc) is 3.11. The van der Waals surface area contributed by atoms with Crippen LogP contribution in [0.15, 0.2) is 110 Å². The molecule has 2 heterocycles. The Morgan fingerprint density at radius 2 is 1.47 bits per heavy atom. The number of benzene rings is 2. The third kappa shape index (κ3) is 3.67. The number of rotatable bonds is 7. The number of pyridine rings is 1. The first kappa shape index (κ1) is 21.1. The maximum atomic E-state index is 4.73. The molecule has 3 heteroatoms. The molecule has 0 bridgehead atoms. The second-order valence-electron chi connectivity index (χ2n) is 7.05. The van der Waals surface area contributed by atoms with Gasteiger partial charge in [0, 0.05) is 24.7 Å². The van der Waals surface area contributed by atoms with E-state index in [1.54, 1.807) is 0 Å². The van der Waals surface area contributed by atoms with Gasteiger partial charge >= 0.3 is 0 Å². The first-order chi connectivity index (χ1) is 14.3. The van der Waals surface area contributed by atoms with E-state index in [1.807, 2.05) is 42.6 Å². The van der Waals surface area contributed by atoms with Crippen molar-refractivity contribution in [2.45, 2.75) is 19.5 Å². The first-order valence-corrected chi connectivity index (χ1v) is 9.84. The fourth-order valence-corrected chi connectivity index (χ4v) is 4.03. The lowest BCUT2D eigenvalue weighted by Gasteiger charge is -2.40. The van der Waals surface area contributed by atoms with E-state index in [0.29, 0.717) is 13.0 Å². The van der Waals surface area contributed by atoms with Crippen molar-refractivity contribution in [1.82, 2.24) is 15.2 Å². The van der Waals surface area contributed by atoms with Gasteiger partial charge in [-0.1, -0.05) is 86.3 Å². The van der Waals surface area contributed by atoms with E-state index in [2.05, 4.69) is 78.0 Å². The van der Waals surface area contributed by atoms with Crippen LogP contribution >= 0.6 is 0 Å². The van der Waals surface area contributed by atoms with E-state index < -0.39 is 5.66 Å². The van der Waals surface area contributed by atoms with Gasteiger partial charge in [0.2, 0.25) is 0 Å². The molecule has 0 saturated carbocycles. The molecule has 0 radical (unpaired) electrons. The largest absolute Gasteiger partial charge is 0.355 e. The Labute approximate surface area is 180 Å². The van der Waals surface area contributed by atoms with E-state index in [9.17, 15) is 0 Å². The predicted octanol–water partition coefficient (Wildman–Crippen LogP) is 6.06. The Morgan fingerprint density at radius 3 is 2.03 bits per heavy atom. The lowest BCUT2D eigenvalue weighted by atomic mass is 9.98. The monoisotopic (exact) mass is 395 g/mol. The summed E-state index contributed by atoms with van der Waals surface area (Å²) < 4.78 is 0. The van der Waals surface area contributed by atoms with Crippen LogP contribution in [0.5, 0.6) is 0 Å². The maximum Gasteiger partial charge on any atom is 0.158 e. The summed E-state index contributed by atoms with van der Waals surface area (Å²) in [6, 6.07) is 27.0. The van der Waals surface area contributed by atoms with Crippen molar-refractivity contribution in [2.24, 2.45) is 0 Å². The zero-order valence-corrected chi connectivity index (χ0v) is 16.5. The van der Waals surface area contributed by atoms with E-state index >= 15 is 0 Å². The van der Waals surface area contributed by atoms with Crippen LogP contribution in [0.1, 0.15) is 30.7 Å². The molecule has 0 aliphatic carbocycles. The van der Waals surface area contributed by atoms with E-state index in [1.165, 1.54) is 0 Å². The quantitative estimate of drug-likeness (QED) is 0.493. The molecule has 0 spiro atoms. The van der Waals surface area contributed by atoms with Crippen molar-refractivity contribution in [3.8, 4) is 0 Å². The highest BCUT2D eigenvalue weighted by atomic mass is 15.4. The van der Waals surface area contributed by atoms with Crippen LogP contribution in [-0.4, -0.2) is 16.4 Å². The highest BCUT2D eigenvalue weighted by Crippen LogP contribution is 2.45. The van der Waals surface area contributed by atoms with Crippen molar-refractivity contribution in [1.29, 1.82) is 0 Å². The molecule has 0 amide bonds. The minimum absolute atomic E-state index is 0. The summed E-state index contributed by atoms with van der Waals surface area (Å²) in [6.07, 6.45) is 6.44. The Balaban J connectivity index is 0.00000256. The predicted molar refractivity (Wildman–Crippen MR) is 127 cm³/mol. The van der Waals surface area contributed by atoms with E-state index in [-0.39, 0.29) is 7.43 Å². The molecule has 4 rings (SSSR count). The van der Waals surface area contributed by atoms with Crippen LogP contribution in [0.4, 0.5) is 0 Å². The zero-order valence-electron chi connectivity index (χ0n) is 16.5. The summed E-state index contributed by atoms with van der Waals surface area (Å²) in [7, 11) is 0. The van der Waals surface area contributed by atoms with E-state index in [4.69, 9.17) is 4.98 Å². The first-order valence-electron chi connectivity index (χ1n) is 9.84. The van der Waals surface area contributed by atoms with Crippen LogP contribution in [0.2, 0.25) is 0 Å². The Hall–Kier alpha value is -3.59. The smallest absolute Gasteiger partial charge is 0.158 e. The molecule has 2 aromatic carbocycles. The van der Waals surface area contributed by atoms with Gasteiger partial charge in [-0.25, -0.2) is 0 Å². The normalized spacial score (nSPS) is 17.8. The molecule has 1 N–H and O–H groups in total. The lowest BCUT2D eigenvalue weighted by molar-refractivity contribution is 0.165. The second-order valence-corrected chi connectivity index (χ2v) is 7.05. The second kappa shape index (κ2) is 9.27. The molecule has 1 aromatic heterocycles. The Bertz CT molecular complexity index is 1010. The van der Waals surface area contributed by atoms with Gasteiger partial charge in [-0.2, -0.15) is 0 Å². The number of nitrogens with one attached hydrogen (secondary N) is 1. The van der Waals surface area contributed by atoms with Gasteiger partial charge in [0.15, 0.2) is 5.66 Å². The summed E-state index contributed by atoms with van der Waals surface area (Å²) in [5.74, 6) is 0. The summed E-state index contributed by atoms with van der Waals surface area (Å²) in [5, 5.41) is 3.85. The summed E-state index contributed by atoms with van der Waals surface area (Å²) in [6.45, 7) is 8.76. The third-order valence-corrected chi connectivity index (χ3v) is 5.25. The Kier molecular flexibility index (Phi) is 6.53. The fraction of sp³-hybridized carbons (Fsp3) is 0.148. The molecule has 0 saturated heterocycles. The van der Waals surface area contributed by atoms with Crippen molar-refractivity contribution in [2.75, 3.05) is 6.54 Å². The van der Waals surface area contributed by atoms with Crippen molar-refractivity contribution < 1.29 is 0 Å². The summed E-state index contributed by atoms with van der Waals surface area (Å²) in [5.41, 5.74) is 4.95. The molecular weight excluding hydrogens is 366 g/mol. The molecule has 1 atom stereocenters. The number of hydrogen-bond acceptors (Lipinski definition) is 3. The standard InChI is InChI=1S/C26H25N3.CH4/c1-3-18-26(23-17-11-12-19-27-23)28-24(21-13-7-5-8-14-21)25(29(26)20-4-2)22-15-9-6-10-16-22;/h3-17,19,28H,1-2,18,20H2;1H4. The molecule has 1 unspecified atom stereocenters. The molecule has 1 aliphatic rings. The summed E-state index contributed by atoms with van der Waals surface area (Å²) >= 11 is 0. The minimum Gasteiger partial charge on any atom is -0.355 e. The van der Waals surface area contributed by atoms with Gasteiger partial charge in [0.25, 0.3) is 0 Å². The van der Waals surface area contributed by atoms with E-state index in [0.717, 1.165) is 28.2 Å². The molecule has 0 fully saturated rings. The topological polar surface area (TPSA) is 28.2 Å². The SMILES string of the molecule is C.C=CCN1C(c2ccccc2)=C(c2ccccc2)NC1(CC=C)c1ccccn1. The van der Waals surface area contributed by atoms with Gasteiger partial charge in [0.1, 0.15) is 0 Å². The van der Waals surface area contributed by atoms with Crippen LogP contribution in [0.3, 0.4) is 0 Å². The van der Waals surface area contributed by atoms with Gasteiger partial charge in [0.05, 0.1) is 17.1 Å². The number of hydrogen-bond donors (Lipinski definition) is 1. The van der Waals surface area contributed by atoms with Gasteiger partial charge in [-0.05, 0) is 17.7 Å². The fourth-order valence-electron chi connectivity index (χ4n) is 4.03. The van der Waals surface area contributed by atoms with Gasteiger partial charge < -0.3 is 10.2 Å².